The Hall–Kier alpha value is -1.79. The predicted octanol–water partition coefficient (Wildman–Crippen LogP) is 1.51. The molecular weight excluding hydrogens is 290 g/mol. The van der Waals surface area contributed by atoms with Gasteiger partial charge in [0.2, 0.25) is 0 Å². The van der Waals surface area contributed by atoms with Crippen LogP contribution in [0.2, 0.25) is 0 Å². The number of aliphatic hydroxyl groups is 1. The summed E-state index contributed by atoms with van der Waals surface area (Å²) in [6.07, 6.45) is 8.34. The third-order valence-electron chi connectivity index (χ3n) is 4.67. The Bertz CT molecular complexity index is 613. The van der Waals surface area contributed by atoms with Crippen molar-refractivity contribution in [2.45, 2.75) is 38.2 Å². The molecule has 0 aliphatic carbocycles. The van der Waals surface area contributed by atoms with Crippen molar-refractivity contribution in [1.29, 1.82) is 0 Å². The minimum Gasteiger partial charge on any atom is -0.388 e. The number of aromatic nitrogens is 4. The lowest BCUT2D eigenvalue weighted by Crippen LogP contribution is -2.36. The summed E-state index contributed by atoms with van der Waals surface area (Å²) in [7, 11) is 1.95. The fourth-order valence-electron chi connectivity index (χ4n) is 3.39. The van der Waals surface area contributed by atoms with Crippen LogP contribution in [0.4, 0.5) is 0 Å². The molecule has 2 aromatic heterocycles. The van der Waals surface area contributed by atoms with Crippen LogP contribution in [0.15, 0.2) is 24.5 Å². The zero-order valence-electron chi connectivity index (χ0n) is 13.7. The molecule has 6 nitrogen and oxygen atoms in total. The van der Waals surface area contributed by atoms with Crippen molar-refractivity contribution < 1.29 is 5.11 Å². The standard InChI is InChI=1S/C17H25N5O/c1-21-16(13-23)19-20-17(21)15-7-4-10-22(12-15)9-3-6-14-5-2-8-18-11-14/h2,5,8,11,15,23H,3-4,6-7,9-10,12-13H2,1H3. The summed E-state index contributed by atoms with van der Waals surface area (Å²) in [5, 5.41) is 17.6. The highest BCUT2D eigenvalue weighted by Crippen LogP contribution is 2.25. The number of likely N-dealkylation sites (tertiary alicyclic amines) is 1. The van der Waals surface area contributed by atoms with E-state index in [0.29, 0.717) is 11.7 Å². The molecule has 1 aliphatic heterocycles. The summed E-state index contributed by atoms with van der Waals surface area (Å²) in [6.45, 7) is 3.25. The average Bonchev–Trinajstić information content (AvgIpc) is 2.97. The summed E-state index contributed by atoms with van der Waals surface area (Å²) >= 11 is 0. The van der Waals surface area contributed by atoms with Crippen LogP contribution in [0.1, 0.15) is 42.4 Å². The molecule has 0 aromatic carbocycles. The molecule has 124 valence electrons. The molecule has 0 bridgehead atoms. The first-order valence-electron chi connectivity index (χ1n) is 8.38. The van der Waals surface area contributed by atoms with Gasteiger partial charge in [-0.25, -0.2) is 0 Å². The van der Waals surface area contributed by atoms with E-state index in [1.807, 2.05) is 30.1 Å². The SMILES string of the molecule is Cn1c(CO)nnc1C1CCCN(CCCc2cccnc2)C1. The molecule has 23 heavy (non-hydrogen) atoms. The molecule has 6 heteroatoms. The molecule has 3 rings (SSSR count). The Balaban J connectivity index is 1.53. The highest BCUT2D eigenvalue weighted by Gasteiger charge is 2.25. The highest BCUT2D eigenvalue weighted by molar-refractivity contribution is 5.08. The van der Waals surface area contributed by atoms with E-state index >= 15 is 0 Å². The Morgan fingerprint density at radius 3 is 3.00 bits per heavy atom. The maximum absolute atomic E-state index is 9.27. The first-order valence-corrected chi connectivity index (χ1v) is 8.38. The zero-order chi connectivity index (χ0) is 16.1. The van der Waals surface area contributed by atoms with Crippen LogP contribution in [0.5, 0.6) is 0 Å². The minimum atomic E-state index is -0.0506. The van der Waals surface area contributed by atoms with Crippen molar-refractivity contribution in [3.63, 3.8) is 0 Å². The topological polar surface area (TPSA) is 67.1 Å². The van der Waals surface area contributed by atoms with Crippen LogP contribution in [0, 0.1) is 0 Å². The van der Waals surface area contributed by atoms with Crippen LogP contribution in [0.3, 0.4) is 0 Å². The van der Waals surface area contributed by atoms with Crippen LogP contribution < -0.4 is 0 Å². The van der Waals surface area contributed by atoms with Gasteiger partial charge in [0, 0.05) is 31.9 Å². The molecule has 0 spiro atoms. The number of piperidine rings is 1. The number of hydrogen-bond acceptors (Lipinski definition) is 5. The highest BCUT2D eigenvalue weighted by atomic mass is 16.3. The summed E-state index contributed by atoms with van der Waals surface area (Å²) in [5.74, 6) is 2.07. The van der Waals surface area contributed by atoms with Crippen molar-refractivity contribution in [2.75, 3.05) is 19.6 Å². The maximum Gasteiger partial charge on any atom is 0.158 e. The Kier molecular flexibility index (Phi) is 5.35. The summed E-state index contributed by atoms with van der Waals surface area (Å²) < 4.78 is 1.95. The molecular formula is C17H25N5O. The van der Waals surface area contributed by atoms with Gasteiger partial charge in [0.15, 0.2) is 5.82 Å². The van der Waals surface area contributed by atoms with Gasteiger partial charge in [-0.05, 0) is 50.4 Å². The smallest absolute Gasteiger partial charge is 0.158 e. The van der Waals surface area contributed by atoms with Crippen molar-refractivity contribution in [1.82, 2.24) is 24.6 Å². The van der Waals surface area contributed by atoms with Crippen molar-refractivity contribution in [3.05, 3.63) is 41.7 Å². The summed E-state index contributed by atoms with van der Waals surface area (Å²) in [4.78, 5) is 6.70. The molecule has 0 saturated carbocycles. The van der Waals surface area contributed by atoms with E-state index in [-0.39, 0.29) is 6.61 Å². The summed E-state index contributed by atoms with van der Waals surface area (Å²) in [5.41, 5.74) is 1.31. The van der Waals surface area contributed by atoms with E-state index in [9.17, 15) is 5.11 Å². The number of aryl methyl sites for hydroxylation is 1. The lowest BCUT2D eigenvalue weighted by molar-refractivity contribution is 0.200. The molecule has 1 saturated heterocycles. The van der Waals surface area contributed by atoms with Crippen LogP contribution in [0.25, 0.3) is 0 Å². The zero-order valence-corrected chi connectivity index (χ0v) is 13.7. The number of pyridine rings is 1. The fourth-order valence-corrected chi connectivity index (χ4v) is 3.39. The minimum absolute atomic E-state index is 0.0506. The van der Waals surface area contributed by atoms with E-state index < -0.39 is 0 Å². The lowest BCUT2D eigenvalue weighted by atomic mass is 9.97. The van der Waals surface area contributed by atoms with E-state index in [4.69, 9.17) is 0 Å². The molecule has 2 aromatic rings. The normalized spacial score (nSPS) is 19.1. The molecule has 0 radical (unpaired) electrons. The van der Waals surface area contributed by atoms with Gasteiger partial charge >= 0.3 is 0 Å². The van der Waals surface area contributed by atoms with Crippen molar-refractivity contribution in [2.24, 2.45) is 7.05 Å². The first-order chi connectivity index (χ1) is 11.3. The lowest BCUT2D eigenvalue weighted by Gasteiger charge is -2.32. The van der Waals surface area contributed by atoms with E-state index in [0.717, 1.165) is 44.7 Å². The Morgan fingerprint density at radius 1 is 1.35 bits per heavy atom. The fraction of sp³-hybridized carbons (Fsp3) is 0.588. The van der Waals surface area contributed by atoms with Gasteiger partial charge in [-0.2, -0.15) is 0 Å². The molecule has 1 aliphatic rings. The van der Waals surface area contributed by atoms with Gasteiger partial charge in [0.1, 0.15) is 12.4 Å². The van der Waals surface area contributed by atoms with Crippen LogP contribution in [-0.2, 0) is 20.1 Å². The Labute approximate surface area is 137 Å². The van der Waals surface area contributed by atoms with E-state index in [2.05, 4.69) is 26.1 Å². The van der Waals surface area contributed by atoms with Gasteiger partial charge in [0.25, 0.3) is 0 Å². The maximum atomic E-state index is 9.27. The monoisotopic (exact) mass is 315 g/mol. The second-order valence-corrected chi connectivity index (χ2v) is 6.30. The van der Waals surface area contributed by atoms with Gasteiger partial charge in [0.05, 0.1) is 0 Å². The van der Waals surface area contributed by atoms with Crippen LogP contribution >= 0.6 is 0 Å². The first kappa shape index (κ1) is 16.1. The molecule has 3 heterocycles. The number of aliphatic hydroxyl groups excluding tert-OH is 1. The van der Waals surface area contributed by atoms with Gasteiger partial charge < -0.3 is 14.6 Å². The quantitative estimate of drug-likeness (QED) is 0.875. The number of hydrogen-bond donors (Lipinski definition) is 1. The van der Waals surface area contributed by atoms with Crippen LogP contribution in [-0.4, -0.2) is 49.4 Å². The van der Waals surface area contributed by atoms with E-state index in [1.54, 1.807) is 0 Å². The number of rotatable bonds is 6. The predicted molar refractivity (Wildman–Crippen MR) is 87.9 cm³/mol. The summed E-state index contributed by atoms with van der Waals surface area (Å²) in [6, 6.07) is 4.14. The second kappa shape index (κ2) is 7.66. The number of nitrogens with zero attached hydrogens (tertiary/aromatic N) is 5. The van der Waals surface area contributed by atoms with Crippen molar-refractivity contribution in [3.8, 4) is 0 Å². The van der Waals surface area contributed by atoms with Crippen molar-refractivity contribution >= 4 is 0 Å². The second-order valence-electron chi connectivity index (χ2n) is 6.30. The molecule has 1 N–H and O–H groups in total. The van der Waals surface area contributed by atoms with Gasteiger partial charge in [-0.15, -0.1) is 10.2 Å². The average molecular weight is 315 g/mol. The molecule has 1 unspecified atom stereocenters. The molecule has 0 amide bonds. The Morgan fingerprint density at radius 2 is 2.26 bits per heavy atom. The van der Waals surface area contributed by atoms with Gasteiger partial charge in [-0.1, -0.05) is 6.07 Å². The third-order valence-corrected chi connectivity index (χ3v) is 4.67. The van der Waals surface area contributed by atoms with Gasteiger partial charge in [-0.3, -0.25) is 4.98 Å². The van der Waals surface area contributed by atoms with E-state index in [1.165, 1.54) is 12.0 Å². The third kappa shape index (κ3) is 3.95. The largest absolute Gasteiger partial charge is 0.388 e. The molecule has 1 fully saturated rings. The molecule has 1 atom stereocenters.